The van der Waals surface area contributed by atoms with Crippen molar-refractivity contribution in [3.63, 3.8) is 0 Å². The summed E-state index contributed by atoms with van der Waals surface area (Å²) in [4.78, 5) is -1.30. The molecular formula is C12H12N2O6S. The zero-order valence-electron chi connectivity index (χ0n) is 10.5. The summed E-state index contributed by atoms with van der Waals surface area (Å²) in [5.74, 6) is -4.55. The van der Waals surface area contributed by atoms with E-state index in [0.29, 0.717) is 0 Å². The van der Waals surface area contributed by atoms with Crippen molar-refractivity contribution in [1.29, 1.82) is 0 Å². The molecule has 8 nitrogen and oxygen atoms in total. The van der Waals surface area contributed by atoms with Crippen LogP contribution < -0.4 is 11.5 Å². The number of nitrogen functional groups attached to an aromatic ring is 2. The number of hydrogen-bond donors (Lipinski definition) is 6. The fourth-order valence-corrected chi connectivity index (χ4v) is 3.40. The summed E-state index contributed by atoms with van der Waals surface area (Å²) < 4.78 is 25.0. The Morgan fingerprint density at radius 1 is 0.810 bits per heavy atom. The van der Waals surface area contributed by atoms with Crippen LogP contribution in [-0.2, 0) is 9.84 Å². The molecule has 0 atom stereocenters. The summed E-state index contributed by atoms with van der Waals surface area (Å²) >= 11 is 0. The predicted molar refractivity (Wildman–Crippen MR) is 73.8 cm³/mol. The molecule has 2 aromatic carbocycles. The largest absolute Gasteiger partial charge is 0.503 e. The molecule has 0 aliphatic rings. The molecule has 0 aliphatic carbocycles. The van der Waals surface area contributed by atoms with Crippen molar-refractivity contribution < 1.29 is 28.8 Å². The van der Waals surface area contributed by atoms with E-state index in [1.54, 1.807) is 0 Å². The Kier molecular flexibility index (Phi) is 3.22. The van der Waals surface area contributed by atoms with Crippen LogP contribution in [0.3, 0.4) is 0 Å². The van der Waals surface area contributed by atoms with Gasteiger partial charge in [0.05, 0.1) is 10.6 Å². The van der Waals surface area contributed by atoms with E-state index in [1.165, 1.54) is 24.3 Å². The Balaban J connectivity index is 2.88. The molecule has 0 radical (unpaired) electrons. The van der Waals surface area contributed by atoms with Crippen LogP contribution in [0.4, 0.5) is 11.4 Å². The van der Waals surface area contributed by atoms with Gasteiger partial charge in [0.1, 0.15) is 10.6 Å². The molecule has 21 heavy (non-hydrogen) atoms. The van der Waals surface area contributed by atoms with Gasteiger partial charge in [-0.1, -0.05) is 12.1 Å². The highest BCUT2D eigenvalue weighted by Gasteiger charge is 2.32. The van der Waals surface area contributed by atoms with E-state index in [-0.39, 0.29) is 10.6 Å². The molecule has 0 amide bonds. The van der Waals surface area contributed by atoms with Crippen LogP contribution in [-0.4, -0.2) is 28.8 Å². The van der Waals surface area contributed by atoms with E-state index >= 15 is 0 Å². The van der Waals surface area contributed by atoms with E-state index in [9.17, 15) is 28.8 Å². The van der Waals surface area contributed by atoms with Gasteiger partial charge < -0.3 is 31.9 Å². The van der Waals surface area contributed by atoms with Gasteiger partial charge in [-0.05, 0) is 12.1 Å². The molecule has 0 aromatic heterocycles. The van der Waals surface area contributed by atoms with Gasteiger partial charge in [-0.3, -0.25) is 0 Å². The Labute approximate surface area is 119 Å². The normalized spacial score (nSPS) is 11.4. The average molecular weight is 312 g/mol. The lowest BCUT2D eigenvalue weighted by Crippen LogP contribution is -2.09. The number of phenols is 4. The van der Waals surface area contributed by atoms with Gasteiger partial charge in [0, 0.05) is 0 Å². The van der Waals surface area contributed by atoms with Crippen LogP contribution in [0.1, 0.15) is 0 Å². The highest BCUT2D eigenvalue weighted by atomic mass is 32.2. The molecule has 0 saturated heterocycles. The molecule has 0 spiro atoms. The lowest BCUT2D eigenvalue weighted by Gasteiger charge is -2.14. The number of rotatable bonds is 2. The SMILES string of the molecule is Nc1ccccc1S(=O)(=O)c1c(N)c(O)c(O)c(O)c1O. The lowest BCUT2D eigenvalue weighted by molar-refractivity contribution is 0.341. The van der Waals surface area contributed by atoms with Crippen LogP contribution in [0.25, 0.3) is 0 Å². The van der Waals surface area contributed by atoms with Crippen molar-refractivity contribution in [1.82, 2.24) is 0 Å². The molecule has 0 unspecified atom stereocenters. The molecule has 9 heteroatoms. The first-order valence-corrected chi connectivity index (χ1v) is 7.02. The van der Waals surface area contributed by atoms with Crippen molar-refractivity contribution >= 4 is 21.2 Å². The molecular weight excluding hydrogens is 300 g/mol. The van der Waals surface area contributed by atoms with Crippen molar-refractivity contribution in [2.75, 3.05) is 11.5 Å². The minimum Gasteiger partial charge on any atom is -0.503 e. The van der Waals surface area contributed by atoms with Crippen LogP contribution >= 0.6 is 0 Å². The Bertz CT molecular complexity index is 803. The van der Waals surface area contributed by atoms with Crippen molar-refractivity contribution in [2.24, 2.45) is 0 Å². The van der Waals surface area contributed by atoms with E-state index in [4.69, 9.17) is 11.5 Å². The third-order valence-corrected chi connectivity index (χ3v) is 4.77. The molecule has 0 heterocycles. The number of phenolic OH excluding ortho intramolecular Hbond substituents is 4. The number of para-hydroxylation sites is 1. The van der Waals surface area contributed by atoms with E-state index < -0.39 is 43.4 Å². The van der Waals surface area contributed by atoms with Crippen LogP contribution in [0.2, 0.25) is 0 Å². The first-order valence-electron chi connectivity index (χ1n) is 5.54. The van der Waals surface area contributed by atoms with Gasteiger partial charge >= 0.3 is 0 Å². The highest BCUT2D eigenvalue weighted by Crippen LogP contribution is 2.51. The maximum absolute atomic E-state index is 12.5. The Hall–Kier alpha value is -2.81. The molecule has 0 bridgehead atoms. The van der Waals surface area contributed by atoms with Gasteiger partial charge in [0.25, 0.3) is 0 Å². The Morgan fingerprint density at radius 3 is 1.90 bits per heavy atom. The molecule has 2 aromatic rings. The summed E-state index contributed by atoms with van der Waals surface area (Å²) in [7, 11) is -4.42. The number of anilines is 2. The van der Waals surface area contributed by atoms with Gasteiger partial charge in [-0.25, -0.2) is 8.42 Å². The zero-order chi connectivity index (χ0) is 15.9. The van der Waals surface area contributed by atoms with Crippen LogP contribution in [0, 0.1) is 0 Å². The van der Waals surface area contributed by atoms with Crippen molar-refractivity contribution in [3.8, 4) is 23.0 Å². The van der Waals surface area contributed by atoms with Gasteiger partial charge in [0.2, 0.25) is 21.3 Å². The molecule has 2 rings (SSSR count). The molecule has 0 saturated carbocycles. The van der Waals surface area contributed by atoms with Crippen molar-refractivity contribution in [2.45, 2.75) is 9.79 Å². The second-order valence-electron chi connectivity index (χ2n) is 4.18. The quantitative estimate of drug-likeness (QED) is 0.265. The van der Waals surface area contributed by atoms with E-state index in [2.05, 4.69) is 0 Å². The second-order valence-corrected chi connectivity index (χ2v) is 6.03. The molecule has 112 valence electrons. The lowest BCUT2D eigenvalue weighted by atomic mass is 10.2. The fourth-order valence-electron chi connectivity index (χ4n) is 1.80. The first-order chi connectivity index (χ1) is 9.69. The van der Waals surface area contributed by atoms with Gasteiger partial charge in [-0.15, -0.1) is 0 Å². The zero-order valence-corrected chi connectivity index (χ0v) is 11.3. The number of benzene rings is 2. The molecule has 0 fully saturated rings. The predicted octanol–water partition coefficient (Wildman–Crippen LogP) is 0.506. The third kappa shape index (κ3) is 2.03. The number of hydrogen-bond acceptors (Lipinski definition) is 8. The van der Waals surface area contributed by atoms with E-state index in [0.717, 1.165) is 0 Å². The van der Waals surface area contributed by atoms with Gasteiger partial charge in [0.15, 0.2) is 11.5 Å². The highest BCUT2D eigenvalue weighted by molar-refractivity contribution is 7.92. The summed E-state index contributed by atoms with van der Waals surface area (Å²) in [5, 5.41) is 38.1. The van der Waals surface area contributed by atoms with E-state index in [1.807, 2.05) is 0 Å². The maximum Gasteiger partial charge on any atom is 0.214 e. The number of nitrogens with two attached hydrogens (primary N) is 2. The van der Waals surface area contributed by atoms with Gasteiger partial charge in [-0.2, -0.15) is 0 Å². The summed E-state index contributed by atoms with van der Waals surface area (Å²) in [6.07, 6.45) is 0. The molecule has 8 N–H and O–H groups in total. The second kappa shape index (κ2) is 4.63. The van der Waals surface area contributed by atoms with Crippen molar-refractivity contribution in [3.05, 3.63) is 24.3 Å². The van der Waals surface area contributed by atoms with Crippen LogP contribution in [0.5, 0.6) is 23.0 Å². The fraction of sp³-hybridized carbons (Fsp3) is 0. The monoisotopic (exact) mass is 312 g/mol. The Morgan fingerprint density at radius 2 is 1.33 bits per heavy atom. The number of sulfone groups is 1. The van der Waals surface area contributed by atoms with Crippen LogP contribution in [0.15, 0.2) is 34.1 Å². The summed E-state index contributed by atoms with van der Waals surface area (Å²) in [6, 6.07) is 5.39. The third-order valence-electron chi connectivity index (χ3n) is 2.86. The topological polar surface area (TPSA) is 167 Å². The summed E-state index contributed by atoms with van der Waals surface area (Å²) in [6.45, 7) is 0. The minimum absolute atomic E-state index is 0.108. The standard InChI is InChI=1S/C12H12N2O6S/c13-5-3-1-2-4-6(5)21(19,20)12-7(14)8(15)9(16)10(17)11(12)18/h1-4,15-18H,13-14H2. The molecule has 0 aliphatic heterocycles. The summed E-state index contributed by atoms with van der Waals surface area (Å²) in [5.41, 5.74) is 10.1. The minimum atomic E-state index is -4.42. The maximum atomic E-state index is 12.5. The number of aromatic hydroxyl groups is 4. The first kappa shape index (κ1) is 14.6. The smallest absolute Gasteiger partial charge is 0.214 e. The average Bonchev–Trinajstić information content (AvgIpc) is 2.43.